The van der Waals surface area contributed by atoms with Gasteiger partial charge in [-0.25, -0.2) is 8.42 Å². The molecule has 0 radical (unpaired) electrons. The maximum absolute atomic E-state index is 12.9. The van der Waals surface area contributed by atoms with Gasteiger partial charge in [0, 0.05) is 44.5 Å². The fourth-order valence-corrected chi connectivity index (χ4v) is 6.18. The van der Waals surface area contributed by atoms with Crippen LogP contribution in [0.3, 0.4) is 0 Å². The molecule has 2 aliphatic heterocycles. The Labute approximate surface area is 169 Å². The van der Waals surface area contributed by atoms with Gasteiger partial charge in [-0.1, -0.05) is 13.8 Å². The average molecular weight is 409 g/mol. The van der Waals surface area contributed by atoms with Crippen molar-refractivity contribution in [1.82, 2.24) is 9.62 Å². The maximum atomic E-state index is 12.9. The first kappa shape index (κ1) is 21.3. The van der Waals surface area contributed by atoms with Gasteiger partial charge in [0.2, 0.25) is 10.0 Å². The van der Waals surface area contributed by atoms with Crippen LogP contribution >= 0.6 is 0 Å². The Bertz CT molecular complexity index is 748. The predicted octanol–water partition coefficient (Wildman–Crippen LogP) is 1.15. The summed E-state index contributed by atoms with van der Waals surface area (Å²) < 4.78 is 27.4. The van der Waals surface area contributed by atoms with Crippen molar-refractivity contribution in [2.24, 2.45) is 11.8 Å². The molecule has 0 saturated carbocycles. The first-order valence-electron chi connectivity index (χ1n) is 10.6. The molecular weight excluding hydrogens is 374 g/mol. The molecule has 2 aliphatic rings. The molecule has 2 atom stereocenters. The summed E-state index contributed by atoms with van der Waals surface area (Å²) in [6.45, 7) is 9.57. The Kier molecular flexibility index (Phi) is 7.12. The fourth-order valence-electron chi connectivity index (χ4n) is 4.50. The van der Waals surface area contributed by atoms with E-state index in [0.717, 1.165) is 19.4 Å². The van der Waals surface area contributed by atoms with Crippen LogP contribution in [0.25, 0.3) is 0 Å². The number of benzene rings is 1. The molecule has 156 valence electrons. The molecule has 1 aromatic carbocycles. The number of rotatable bonds is 7. The summed E-state index contributed by atoms with van der Waals surface area (Å²) >= 11 is 0. The molecule has 0 spiro atoms. The molecule has 1 aromatic rings. The van der Waals surface area contributed by atoms with E-state index >= 15 is 0 Å². The molecule has 2 saturated heterocycles. The largest absolute Gasteiger partial charge is 0.352 e. The second kappa shape index (κ2) is 9.37. The molecule has 2 heterocycles. The van der Waals surface area contributed by atoms with E-state index in [4.69, 9.17) is 0 Å². The molecular formula is C21H34N3O3S+. The van der Waals surface area contributed by atoms with Crippen LogP contribution in [-0.4, -0.2) is 57.9 Å². The third-order valence-corrected chi connectivity index (χ3v) is 7.74. The van der Waals surface area contributed by atoms with Crippen molar-refractivity contribution < 1.29 is 18.1 Å². The lowest BCUT2D eigenvalue weighted by atomic mass is 9.94. The van der Waals surface area contributed by atoms with Gasteiger partial charge in [-0.15, -0.1) is 0 Å². The van der Waals surface area contributed by atoms with Gasteiger partial charge in [0.05, 0.1) is 24.5 Å². The Morgan fingerprint density at radius 2 is 1.71 bits per heavy atom. The van der Waals surface area contributed by atoms with Crippen molar-refractivity contribution in [3.05, 3.63) is 29.8 Å². The van der Waals surface area contributed by atoms with Gasteiger partial charge < -0.3 is 10.2 Å². The molecule has 0 aliphatic carbocycles. The van der Waals surface area contributed by atoms with Gasteiger partial charge in [-0.3, -0.25) is 4.79 Å². The molecule has 0 bridgehead atoms. The Morgan fingerprint density at radius 3 is 2.32 bits per heavy atom. The van der Waals surface area contributed by atoms with Crippen molar-refractivity contribution in [1.29, 1.82) is 0 Å². The molecule has 28 heavy (non-hydrogen) atoms. The number of amides is 1. The quantitative estimate of drug-likeness (QED) is 0.665. The number of hydrogen-bond donors (Lipinski definition) is 2. The van der Waals surface area contributed by atoms with E-state index in [1.165, 1.54) is 25.9 Å². The predicted molar refractivity (Wildman–Crippen MR) is 110 cm³/mol. The minimum absolute atomic E-state index is 0.138. The monoisotopic (exact) mass is 408 g/mol. The van der Waals surface area contributed by atoms with Gasteiger partial charge in [0.25, 0.3) is 5.91 Å². The molecule has 1 amide bonds. The van der Waals surface area contributed by atoms with Crippen molar-refractivity contribution in [3.63, 3.8) is 0 Å². The molecule has 2 fully saturated rings. The maximum Gasteiger partial charge on any atom is 0.251 e. The Hall–Kier alpha value is -1.44. The zero-order valence-corrected chi connectivity index (χ0v) is 17.9. The standard InChI is InChI=1S/C21H33N3O3S/c1-17-14-18(2)16-24(15-17)28(26,27)20-8-6-19(7-9-20)21(25)22-10-5-13-23-11-3-4-12-23/h6-9,17-18H,3-5,10-16H2,1-2H3,(H,22,25)/p+1/t17-,18-/m1/s1. The summed E-state index contributed by atoms with van der Waals surface area (Å²) in [5.41, 5.74) is 0.507. The van der Waals surface area contributed by atoms with Crippen molar-refractivity contribution >= 4 is 15.9 Å². The van der Waals surface area contributed by atoms with E-state index in [1.54, 1.807) is 33.5 Å². The van der Waals surface area contributed by atoms with Crippen LogP contribution < -0.4 is 10.2 Å². The minimum atomic E-state index is -3.50. The van der Waals surface area contributed by atoms with Crippen molar-refractivity contribution in [2.75, 3.05) is 39.3 Å². The smallest absolute Gasteiger partial charge is 0.251 e. The second-order valence-electron chi connectivity index (χ2n) is 8.61. The number of carbonyl (C=O) groups excluding carboxylic acids is 1. The number of carbonyl (C=O) groups is 1. The second-order valence-corrected chi connectivity index (χ2v) is 10.5. The van der Waals surface area contributed by atoms with E-state index in [-0.39, 0.29) is 10.8 Å². The number of likely N-dealkylation sites (tertiary alicyclic amines) is 1. The van der Waals surface area contributed by atoms with Crippen LogP contribution in [0, 0.1) is 11.8 Å². The summed E-state index contributed by atoms with van der Waals surface area (Å²) in [7, 11) is -3.50. The van der Waals surface area contributed by atoms with Gasteiger partial charge in [-0.05, 0) is 42.5 Å². The summed E-state index contributed by atoms with van der Waals surface area (Å²) in [6.07, 6.45) is 4.65. The molecule has 0 aromatic heterocycles. The Morgan fingerprint density at radius 1 is 1.11 bits per heavy atom. The average Bonchev–Trinajstić information content (AvgIpc) is 3.18. The van der Waals surface area contributed by atoms with Gasteiger partial charge in [-0.2, -0.15) is 4.31 Å². The summed E-state index contributed by atoms with van der Waals surface area (Å²) in [4.78, 5) is 14.2. The number of quaternary nitrogens is 1. The van der Waals surface area contributed by atoms with E-state index in [1.807, 2.05) is 0 Å². The van der Waals surface area contributed by atoms with Crippen LogP contribution in [0.1, 0.15) is 49.9 Å². The lowest BCUT2D eigenvalue weighted by Gasteiger charge is -2.34. The zero-order chi connectivity index (χ0) is 20.1. The highest BCUT2D eigenvalue weighted by Gasteiger charge is 2.31. The lowest BCUT2D eigenvalue weighted by molar-refractivity contribution is -0.887. The Balaban J connectivity index is 1.54. The third-order valence-electron chi connectivity index (χ3n) is 5.89. The first-order chi connectivity index (χ1) is 13.4. The van der Waals surface area contributed by atoms with E-state index in [0.29, 0.717) is 37.0 Å². The summed E-state index contributed by atoms with van der Waals surface area (Å²) in [5, 5.41) is 2.94. The van der Waals surface area contributed by atoms with Crippen LogP contribution in [0.15, 0.2) is 29.2 Å². The third kappa shape index (κ3) is 5.33. The van der Waals surface area contributed by atoms with Crippen LogP contribution in [0.2, 0.25) is 0 Å². The van der Waals surface area contributed by atoms with E-state index in [2.05, 4.69) is 19.2 Å². The SMILES string of the molecule is C[C@@H]1C[C@@H](C)CN(S(=O)(=O)c2ccc(C(=O)NCCC[NH+]3CCCC3)cc2)C1. The number of sulfonamides is 1. The van der Waals surface area contributed by atoms with Gasteiger partial charge in [0.1, 0.15) is 0 Å². The van der Waals surface area contributed by atoms with Crippen LogP contribution in [-0.2, 0) is 10.0 Å². The topological polar surface area (TPSA) is 70.9 Å². The highest BCUT2D eigenvalue weighted by Crippen LogP contribution is 2.26. The number of nitrogens with zero attached hydrogens (tertiary/aromatic N) is 1. The highest BCUT2D eigenvalue weighted by atomic mass is 32.2. The summed E-state index contributed by atoms with van der Waals surface area (Å²) in [5.74, 6) is 0.595. The molecule has 7 heteroatoms. The number of hydrogen-bond acceptors (Lipinski definition) is 3. The van der Waals surface area contributed by atoms with Crippen molar-refractivity contribution in [3.8, 4) is 0 Å². The number of piperidine rings is 1. The normalized spacial score (nSPS) is 24.4. The molecule has 2 N–H and O–H groups in total. The first-order valence-corrected chi connectivity index (χ1v) is 12.0. The fraction of sp³-hybridized carbons (Fsp3) is 0.667. The van der Waals surface area contributed by atoms with Crippen LogP contribution in [0.5, 0.6) is 0 Å². The molecule has 3 rings (SSSR count). The van der Waals surface area contributed by atoms with Gasteiger partial charge in [0.15, 0.2) is 0 Å². The molecule has 6 nitrogen and oxygen atoms in total. The summed E-state index contributed by atoms with van der Waals surface area (Å²) in [6, 6.07) is 6.35. The minimum Gasteiger partial charge on any atom is -0.352 e. The van der Waals surface area contributed by atoms with Crippen LogP contribution in [0.4, 0.5) is 0 Å². The van der Waals surface area contributed by atoms with E-state index < -0.39 is 10.0 Å². The number of nitrogens with one attached hydrogen (secondary N) is 2. The lowest BCUT2D eigenvalue weighted by Crippen LogP contribution is -3.10. The van der Waals surface area contributed by atoms with E-state index in [9.17, 15) is 13.2 Å². The zero-order valence-electron chi connectivity index (χ0n) is 17.1. The highest BCUT2D eigenvalue weighted by molar-refractivity contribution is 7.89. The molecule has 0 unspecified atom stereocenters. The van der Waals surface area contributed by atoms with Gasteiger partial charge >= 0.3 is 0 Å². The van der Waals surface area contributed by atoms with Crippen molar-refractivity contribution in [2.45, 2.75) is 44.4 Å².